The van der Waals surface area contributed by atoms with Crippen LogP contribution in [0.4, 0.5) is 0 Å². The summed E-state index contributed by atoms with van der Waals surface area (Å²) in [6, 6.07) is 21.8. The number of aryl methyl sites for hydroxylation is 1. The number of para-hydroxylation sites is 2. The molecule has 1 unspecified atom stereocenters. The molecule has 0 aliphatic heterocycles. The summed E-state index contributed by atoms with van der Waals surface area (Å²) in [5, 5.41) is 10.1. The summed E-state index contributed by atoms with van der Waals surface area (Å²) in [4.78, 5) is 11.8. The summed E-state index contributed by atoms with van der Waals surface area (Å²) in [7, 11) is 0. The van der Waals surface area contributed by atoms with Crippen LogP contribution in [0.25, 0.3) is 0 Å². The van der Waals surface area contributed by atoms with Gasteiger partial charge in [0.25, 0.3) is 0 Å². The highest BCUT2D eigenvalue weighted by molar-refractivity contribution is 6.30. The molecule has 138 valence electrons. The number of rotatable bonds is 7. The molecule has 0 radical (unpaired) electrons. The normalized spacial score (nSPS) is 11.6. The Bertz CT molecular complexity index is 925. The first-order chi connectivity index (χ1) is 13.0. The molecule has 1 N–H and O–H groups in total. The molecule has 0 amide bonds. The number of hydrogen-bond donors (Lipinski definition) is 1. The molecular weight excluding hydrogens is 364 g/mol. The number of aliphatic carboxylic acids is 1. The van der Waals surface area contributed by atoms with Crippen LogP contribution in [0.15, 0.2) is 72.8 Å². The van der Waals surface area contributed by atoms with Crippen molar-refractivity contribution in [2.75, 3.05) is 0 Å². The maximum Gasteiger partial charge on any atom is 0.345 e. The first-order valence-electron chi connectivity index (χ1n) is 8.49. The number of carboxylic acid groups (broad SMARTS) is 1. The van der Waals surface area contributed by atoms with Gasteiger partial charge in [0.15, 0.2) is 6.10 Å². The van der Waals surface area contributed by atoms with E-state index in [0.29, 0.717) is 27.8 Å². The van der Waals surface area contributed by atoms with E-state index in [2.05, 4.69) is 0 Å². The maximum absolute atomic E-state index is 11.8. The first-order valence-corrected chi connectivity index (χ1v) is 8.87. The lowest BCUT2D eigenvalue weighted by Gasteiger charge is -2.19. The zero-order valence-corrected chi connectivity index (χ0v) is 15.5. The predicted octanol–water partition coefficient (Wildman–Crippen LogP) is 5.52. The zero-order valence-electron chi connectivity index (χ0n) is 14.8. The van der Waals surface area contributed by atoms with Crippen molar-refractivity contribution in [2.24, 2.45) is 0 Å². The third-order valence-electron chi connectivity index (χ3n) is 4.04. The minimum Gasteiger partial charge on any atom is -0.478 e. The van der Waals surface area contributed by atoms with Crippen LogP contribution in [0, 0.1) is 6.92 Å². The van der Waals surface area contributed by atoms with Gasteiger partial charge in [-0.15, -0.1) is 0 Å². The largest absolute Gasteiger partial charge is 0.478 e. The van der Waals surface area contributed by atoms with Crippen molar-refractivity contribution in [1.29, 1.82) is 0 Å². The molecule has 3 aromatic carbocycles. The van der Waals surface area contributed by atoms with Crippen LogP contribution in [0.5, 0.6) is 17.2 Å². The van der Waals surface area contributed by atoms with Gasteiger partial charge in [0.05, 0.1) is 0 Å². The quantitative estimate of drug-likeness (QED) is 0.585. The number of hydrogen-bond acceptors (Lipinski definition) is 3. The summed E-state index contributed by atoms with van der Waals surface area (Å²) in [6.45, 7) is 1.87. The van der Waals surface area contributed by atoms with Crippen LogP contribution in [-0.2, 0) is 11.2 Å². The van der Waals surface area contributed by atoms with Gasteiger partial charge in [0.1, 0.15) is 17.2 Å². The SMILES string of the molecule is Cc1ccccc1OC(Cc1cc(Cl)ccc1Oc1ccccc1)C(=O)O. The molecule has 0 heterocycles. The Morgan fingerprint density at radius 2 is 1.70 bits per heavy atom. The fourth-order valence-corrected chi connectivity index (χ4v) is 2.84. The molecular formula is C22H19ClO4. The molecule has 0 aliphatic carbocycles. The van der Waals surface area contributed by atoms with Gasteiger partial charge in [-0.1, -0.05) is 48.0 Å². The van der Waals surface area contributed by atoms with Crippen LogP contribution in [-0.4, -0.2) is 17.2 Å². The average molecular weight is 383 g/mol. The number of benzene rings is 3. The Balaban J connectivity index is 1.86. The molecule has 0 fully saturated rings. The molecule has 5 heteroatoms. The highest BCUT2D eigenvalue weighted by atomic mass is 35.5. The van der Waals surface area contributed by atoms with Crippen LogP contribution in [0.3, 0.4) is 0 Å². The van der Waals surface area contributed by atoms with Gasteiger partial charge in [0, 0.05) is 17.0 Å². The van der Waals surface area contributed by atoms with E-state index in [-0.39, 0.29) is 6.42 Å². The second kappa shape index (κ2) is 8.60. The standard InChI is InChI=1S/C22H19ClO4/c1-15-7-5-6-10-19(15)27-21(22(24)25)14-16-13-17(23)11-12-20(16)26-18-8-3-2-4-9-18/h2-13,21H,14H2,1H3,(H,24,25). The summed E-state index contributed by atoms with van der Waals surface area (Å²) >= 11 is 6.12. The summed E-state index contributed by atoms with van der Waals surface area (Å²) in [5.74, 6) is 0.694. The number of carboxylic acids is 1. The van der Waals surface area contributed by atoms with E-state index in [1.54, 1.807) is 24.3 Å². The van der Waals surface area contributed by atoms with Crippen molar-refractivity contribution in [3.63, 3.8) is 0 Å². The molecule has 3 aromatic rings. The third-order valence-corrected chi connectivity index (χ3v) is 4.27. The van der Waals surface area contributed by atoms with E-state index in [9.17, 15) is 9.90 Å². The lowest BCUT2D eigenvalue weighted by Crippen LogP contribution is -2.29. The molecule has 27 heavy (non-hydrogen) atoms. The fraction of sp³-hybridized carbons (Fsp3) is 0.136. The molecule has 1 atom stereocenters. The van der Waals surface area contributed by atoms with Crippen molar-refractivity contribution in [2.45, 2.75) is 19.4 Å². The van der Waals surface area contributed by atoms with Crippen molar-refractivity contribution >= 4 is 17.6 Å². The van der Waals surface area contributed by atoms with Crippen molar-refractivity contribution in [3.05, 3.63) is 88.9 Å². The molecule has 0 spiro atoms. The minimum absolute atomic E-state index is 0.117. The summed E-state index contributed by atoms with van der Waals surface area (Å²) in [6.07, 6.45) is -0.949. The molecule has 0 saturated heterocycles. The van der Waals surface area contributed by atoms with E-state index < -0.39 is 12.1 Å². The third kappa shape index (κ3) is 5.02. The Morgan fingerprint density at radius 3 is 2.41 bits per heavy atom. The van der Waals surface area contributed by atoms with Gasteiger partial charge in [-0.3, -0.25) is 0 Å². The molecule has 3 rings (SSSR count). The van der Waals surface area contributed by atoms with Crippen molar-refractivity contribution in [1.82, 2.24) is 0 Å². The van der Waals surface area contributed by atoms with Gasteiger partial charge in [0.2, 0.25) is 0 Å². The summed E-state index contributed by atoms with van der Waals surface area (Å²) < 4.78 is 11.7. The zero-order chi connectivity index (χ0) is 19.2. The van der Waals surface area contributed by atoms with E-state index in [0.717, 1.165) is 5.56 Å². The Morgan fingerprint density at radius 1 is 1.00 bits per heavy atom. The fourth-order valence-electron chi connectivity index (χ4n) is 2.64. The predicted molar refractivity (Wildman–Crippen MR) is 105 cm³/mol. The summed E-state index contributed by atoms with van der Waals surface area (Å²) in [5.41, 5.74) is 1.53. The van der Waals surface area contributed by atoms with Crippen molar-refractivity contribution in [3.8, 4) is 17.2 Å². The average Bonchev–Trinajstić information content (AvgIpc) is 2.66. The molecule has 0 aliphatic rings. The van der Waals surface area contributed by atoms with E-state index >= 15 is 0 Å². The first kappa shape index (κ1) is 18.8. The molecule has 4 nitrogen and oxygen atoms in total. The highest BCUT2D eigenvalue weighted by Gasteiger charge is 2.23. The number of ether oxygens (including phenoxy) is 2. The van der Waals surface area contributed by atoms with Gasteiger partial charge in [-0.05, 0) is 48.9 Å². The van der Waals surface area contributed by atoms with Gasteiger partial charge < -0.3 is 14.6 Å². The Hall–Kier alpha value is -2.98. The Labute approximate surface area is 162 Å². The topological polar surface area (TPSA) is 55.8 Å². The number of carbonyl (C=O) groups is 1. The van der Waals surface area contributed by atoms with Gasteiger partial charge in [-0.2, -0.15) is 0 Å². The Kier molecular flexibility index (Phi) is 5.99. The van der Waals surface area contributed by atoms with Gasteiger partial charge >= 0.3 is 5.97 Å². The smallest absolute Gasteiger partial charge is 0.345 e. The van der Waals surface area contributed by atoms with Crippen LogP contribution >= 0.6 is 11.6 Å². The lowest BCUT2D eigenvalue weighted by atomic mass is 10.1. The van der Waals surface area contributed by atoms with Crippen LogP contribution in [0.2, 0.25) is 5.02 Å². The highest BCUT2D eigenvalue weighted by Crippen LogP contribution is 2.30. The van der Waals surface area contributed by atoms with Crippen LogP contribution in [0.1, 0.15) is 11.1 Å². The van der Waals surface area contributed by atoms with Crippen LogP contribution < -0.4 is 9.47 Å². The molecule has 0 saturated carbocycles. The monoisotopic (exact) mass is 382 g/mol. The van der Waals surface area contributed by atoms with E-state index in [1.807, 2.05) is 55.5 Å². The van der Waals surface area contributed by atoms with Gasteiger partial charge in [-0.25, -0.2) is 4.79 Å². The minimum atomic E-state index is -1.07. The van der Waals surface area contributed by atoms with Crippen molar-refractivity contribution < 1.29 is 19.4 Å². The second-order valence-corrected chi connectivity index (χ2v) is 6.52. The lowest BCUT2D eigenvalue weighted by molar-refractivity contribution is -0.145. The maximum atomic E-state index is 11.8. The van der Waals surface area contributed by atoms with E-state index in [4.69, 9.17) is 21.1 Å². The molecule has 0 bridgehead atoms. The second-order valence-electron chi connectivity index (χ2n) is 6.08. The molecule has 0 aromatic heterocycles. The van der Waals surface area contributed by atoms with E-state index in [1.165, 1.54) is 0 Å². The number of halogens is 1.